The van der Waals surface area contributed by atoms with Gasteiger partial charge in [-0.25, -0.2) is 0 Å². The second-order valence-corrected chi connectivity index (χ2v) is 5.43. The van der Waals surface area contributed by atoms with Gasteiger partial charge >= 0.3 is 0 Å². The first-order valence-electron chi connectivity index (χ1n) is 6.60. The highest BCUT2D eigenvalue weighted by molar-refractivity contribution is 4.91. The fourth-order valence-electron chi connectivity index (χ4n) is 1.89. The van der Waals surface area contributed by atoms with Crippen molar-refractivity contribution in [2.45, 2.75) is 39.7 Å². The van der Waals surface area contributed by atoms with Crippen LogP contribution >= 0.6 is 0 Å². The van der Waals surface area contributed by atoms with Crippen LogP contribution in [-0.2, 0) is 9.47 Å². The molecule has 0 aromatic rings. The van der Waals surface area contributed by atoms with E-state index in [1.165, 1.54) is 0 Å². The summed E-state index contributed by atoms with van der Waals surface area (Å²) in [6, 6.07) is 2.73. The maximum atomic E-state index is 8.99. The maximum absolute atomic E-state index is 8.99. The Morgan fingerprint density at radius 1 is 1.22 bits per heavy atom. The van der Waals surface area contributed by atoms with Gasteiger partial charge in [0.2, 0.25) is 0 Å². The number of nitrogens with zero attached hydrogens (tertiary/aromatic N) is 2. The lowest BCUT2D eigenvalue weighted by Gasteiger charge is -2.29. The number of nitriles is 1. The highest BCUT2D eigenvalue weighted by Crippen LogP contribution is 2.21. The minimum absolute atomic E-state index is 0.225. The molecule has 0 fully saturated rings. The molecule has 4 nitrogen and oxygen atoms in total. The maximum Gasteiger partial charge on any atom is 0.0683 e. The summed E-state index contributed by atoms with van der Waals surface area (Å²) in [7, 11) is 3.45. The van der Waals surface area contributed by atoms with Crippen LogP contribution in [0.4, 0.5) is 0 Å². The molecule has 0 saturated heterocycles. The second-order valence-electron chi connectivity index (χ2n) is 5.43. The first-order chi connectivity index (χ1) is 8.46. The van der Waals surface area contributed by atoms with Crippen LogP contribution in [-0.4, -0.2) is 51.5 Å². The predicted octanol–water partition coefficient (Wildman–Crippen LogP) is 2.30. The van der Waals surface area contributed by atoms with Gasteiger partial charge in [0.15, 0.2) is 0 Å². The van der Waals surface area contributed by atoms with Crippen LogP contribution in [0.2, 0.25) is 0 Å². The molecule has 18 heavy (non-hydrogen) atoms. The van der Waals surface area contributed by atoms with Crippen molar-refractivity contribution in [2.24, 2.45) is 5.41 Å². The summed E-state index contributed by atoms with van der Waals surface area (Å²) < 4.78 is 10.3. The molecule has 0 amide bonds. The summed E-state index contributed by atoms with van der Waals surface area (Å²) in [6.45, 7) is 9.50. The average Bonchev–Trinajstić information content (AvgIpc) is 2.33. The van der Waals surface area contributed by atoms with Crippen LogP contribution in [0.15, 0.2) is 0 Å². The Morgan fingerprint density at radius 3 is 2.39 bits per heavy atom. The molecule has 0 aliphatic carbocycles. The lowest BCUT2D eigenvalue weighted by molar-refractivity contribution is 0.0728. The molecule has 4 heteroatoms. The molecule has 0 aliphatic rings. The van der Waals surface area contributed by atoms with E-state index in [2.05, 4.69) is 17.9 Å². The molecule has 1 unspecified atom stereocenters. The van der Waals surface area contributed by atoms with Gasteiger partial charge in [-0.2, -0.15) is 5.26 Å². The standard InChI is InChI=1S/C14H28N2O2/c1-13(11-18-5)16(9-10-17-4)8-6-7-14(2,3)12-15/h13H,6-11H2,1-5H3. The normalized spacial score (nSPS) is 13.6. The first-order valence-corrected chi connectivity index (χ1v) is 6.60. The molecule has 0 spiro atoms. The van der Waals surface area contributed by atoms with Crippen LogP contribution in [0.5, 0.6) is 0 Å². The van der Waals surface area contributed by atoms with Crippen LogP contribution in [0.3, 0.4) is 0 Å². The van der Waals surface area contributed by atoms with Gasteiger partial charge in [-0.3, -0.25) is 4.90 Å². The average molecular weight is 256 g/mol. The van der Waals surface area contributed by atoms with Gasteiger partial charge in [0.25, 0.3) is 0 Å². The Balaban J connectivity index is 4.12. The van der Waals surface area contributed by atoms with Crippen LogP contribution in [0.25, 0.3) is 0 Å². The Bertz CT molecular complexity index is 249. The first kappa shape index (κ1) is 17.4. The van der Waals surface area contributed by atoms with Gasteiger partial charge in [-0.05, 0) is 40.2 Å². The van der Waals surface area contributed by atoms with Crippen molar-refractivity contribution in [3.05, 3.63) is 0 Å². The number of hydrogen-bond donors (Lipinski definition) is 0. The third kappa shape index (κ3) is 7.65. The smallest absolute Gasteiger partial charge is 0.0683 e. The summed E-state index contributed by atoms with van der Waals surface area (Å²) in [6.07, 6.45) is 1.95. The summed E-state index contributed by atoms with van der Waals surface area (Å²) in [5.41, 5.74) is -0.225. The van der Waals surface area contributed by atoms with Crippen molar-refractivity contribution in [1.82, 2.24) is 4.90 Å². The van der Waals surface area contributed by atoms with Crippen LogP contribution < -0.4 is 0 Å². The minimum Gasteiger partial charge on any atom is -0.383 e. The fourth-order valence-corrected chi connectivity index (χ4v) is 1.89. The summed E-state index contributed by atoms with van der Waals surface area (Å²) in [5.74, 6) is 0. The Hall–Kier alpha value is -0.630. The zero-order chi connectivity index (χ0) is 14.0. The van der Waals surface area contributed by atoms with Crippen LogP contribution in [0.1, 0.15) is 33.6 Å². The topological polar surface area (TPSA) is 45.5 Å². The minimum atomic E-state index is -0.225. The summed E-state index contributed by atoms with van der Waals surface area (Å²) in [4.78, 5) is 2.36. The monoisotopic (exact) mass is 256 g/mol. The molecular formula is C14H28N2O2. The van der Waals surface area contributed by atoms with Gasteiger partial charge in [0.05, 0.1) is 24.7 Å². The SMILES string of the molecule is COCCN(CCCC(C)(C)C#N)C(C)COC. The van der Waals surface area contributed by atoms with Crippen molar-refractivity contribution >= 4 is 0 Å². The van der Waals surface area contributed by atoms with E-state index < -0.39 is 0 Å². The van der Waals surface area contributed by atoms with E-state index in [-0.39, 0.29) is 5.41 Å². The molecule has 0 aromatic heterocycles. The van der Waals surface area contributed by atoms with Crippen LogP contribution in [0, 0.1) is 16.7 Å². The molecule has 0 N–H and O–H groups in total. The largest absolute Gasteiger partial charge is 0.383 e. The van der Waals surface area contributed by atoms with Gasteiger partial charge in [-0.1, -0.05) is 0 Å². The van der Waals surface area contributed by atoms with Gasteiger partial charge < -0.3 is 9.47 Å². The van der Waals surface area contributed by atoms with Crippen molar-refractivity contribution in [3.8, 4) is 6.07 Å². The van der Waals surface area contributed by atoms with Crippen molar-refractivity contribution < 1.29 is 9.47 Å². The molecular weight excluding hydrogens is 228 g/mol. The Morgan fingerprint density at radius 2 is 1.89 bits per heavy atom. The predicted molar refractivity (Wildman–Crippen MR) is 73.4 cm³/mol. The molecule has 0 bridgehead atoms. The number of methoxy groups -OCH3 is 2. The van der Waals surface area contributed by atoms with Crippen molar-refractivity contribution in [3.63, 3.8) is 0 Å². The van der Waals surface area contributed by atoms with E-state index in [9.17, 15) is 0 Å². The lowest BCUT2D eigenvalue weighted by atomic mass is 9.90. The van der Waals surface area contributed by atoms with Gasteiger partial charge in [0.1, 0.15) is 0 Å². The Kier molecular flexibility index (Phi) is 8.99. The highest BCUT2D eigenvalue weighted by Gasteiger charge is 2.18. The molecule has 106 valence electrons. The van der Waals surface area contributed by atoms with E-state index in [0.717, 1.165) is 39.1 Å². The van der Waals surface area contributed by atoms with E-state index in [1.807, 2.05) is 13.8 Å². The van der Waals surface area contributed by atoms with E-state index in [1.54, 1.807) is 14.2 Å². The van der Waals surface area contributed by atoms with Crippen molar-refractivity contribution in [1.29, 1.82) is 5.26 Å². The fraction of sp³-hybridized carbons (Fsp3) is 0.929. The van der Waals surface area contributed by atoms with E-state index >= 15 is 0 Å². The lowest BCUT2D eigenvalue weighted by Crippen LogP contribution is -2.39. The summed E-state index contributed by atoms with van der Waals surface area (Å²) in [5, 5.41) is 8.99. The quantitative estimate of drug-likeness (QED) is 0.601. The third-order valence-electron chi connectivity index (χ3n) is 3.16. The molecule has 0 heterocycles. The molecule has 0 rings (SSSR count). The third-order valence-corrected chi connectivity index (χ3v) is 3.16. The molecule has 1 atom stereocenters. The number of rotatable bonds is 10. The molecule has 0 saturated carbocycles. The highest BCUT2D eigenvalue weighted by atomic mass is 16.5. The molecule has 0 radical (unpaired) electrons. The van der Waals surface area contributed by atoms with E-state index in [4.69, 9.17) is 14.7 Å². The van der Waals surface area contributed by atoms with Gasteiger partial charge in [-0.15, -0.1) is 0 Å². The number of hydrogen-bond acceptors (Lipinski definition) is 4. The zero-order valence-electron chi connectivity index (χ0n) is 12.5. The number of ether oxygens (including phenoxy) is 2. The van der Waals surface area contributed by atoms with Gasteiger partial charge in [0, 0.05) is 26.8 Å². The molecule has 0 aromatic carbocycles. The zero-order valence-corrected chi connectivity index (χ0v) is 12.5. The summed E-state index contributed by atoms with van der Waals surface area (Å²) >= 11 is 0. The molecule has 0 aliphatic heterocycles. The van der Waals surface area contributed by atoms with Crippen molar-refractivity contribution in [2.75, 3.05) is 40.5 Å². The second kappa shape index (κ2) is 9.32. The Labute approximate surface area is 112 Å². The van der Waals surface area contributed by atoms with E-state index in [0.29, 0.717) is 6.04 Å².